The van der Waals surface area contributed by atoms with Crippen LogP contribution in [0.15, 0.2) is 54.6 Å². The molecule has 1 aliphatic heterocycles. The lowest BCUT2D eigenvalue weighted by molar-refractivity contribution is 0.0237. The van der Waals surface area contributed by atoms with Gasteiger partial charge in [0.25, 0.3) is 0 Å². The van der Waals surface area contributed by atoms with Gasteiger partial charge in [-0.15, -0.1) is 0 Å². The molecule has 1 fully saturated rings. The number of hydrogen-bond donors (Lipinski definition) is 1. The minimum absolute atomic E-state index is 0.230. The van der Waals surface area contributed by atoms with E-state index in [0.717, 1.165) is 38.2 Å². The lowest BCUT2D eigenvalue weighted by Crippen LogP contribution is -2.43. The van der Waals surface area contributed by atoms with E-state index in [1.807, 2.05) is 24.3 Å². The number of para-hydroxylation sites is 1. The van der Waals surface area contributed by atoms with E-state index in [4.69, 9.17) is 4.74 Å². The quantitative estimate of drug-likeness (QED) is 0.921. The van der Waals surface area contributed by atoms with Gasteiger partial charge >= 0.3 is 0 Å². The van der Waals surface area contributed by atoms with E-state index in [1.54, 1.807) is 7.11 Å². The van der Waals surface area contributed by atoms with Gasteiger partial charge in [-0.05, 0) is 30.0 Å². The molecule has 0 aromatic heterocycles. The summed E-state index contributed by atoms with van der Waals surface area (Å²) in [7, 11) is 1.71. The Bertz CT molecular complexity index is 614. The fourth-order valence-corrected chi connectivity index (χ4v) is 3.44. The van der Waals surface area contributed by atoms with Crippen molar-refractivity contribution in [3.8, 4) is 5.75 Å². The Morgan fingerprint density at radius 3 is 2.61 bits per heavy atom. The Morgan fingerprint density at radius 2 is 1.83 bits per heavy atom. The summed E-state index contributed by atoms with van der Waals surface area (Å²) < 4.78 is 5.45. The van der Waals surface area contributed by atoms with Gasteiger partial charge in [0.05, 0.1) is 13.2 Å². The highest BCUT2D eigenvalue weighted by molar-refractivity contribution is 5.33. The van der Waals surface area contributed by atoms with Crippen LogP contribution in [0.4, 0.5) is 0 Å². The van der Waals surface area contributed by atoms with Crippen molar-refractivity contribution in [1.82, 2.24) is 4.90 Å². The normalized spacial score (nSPS) is 22.0. The van der Waals surface area contributed by atoms with Gasteiger partial charge in [0, 0.05) is 25.6 Å². The van der Waals surface area contributed by atoms with E-state index < -0.39 is 0 Å². The number of benzene rings is 2. The number of methoxy groups -OCH3 is 1. The fraction of sp³-hybridized carbons (Fsp3) is 0.400. The first kappa shape index (κ1) is 16.0. The first-order valence-electron chi connectivity index (χ1n) is 8.32. The summed E-state index contributed by atoms with van der Waals surface area (Å²) in [5.74, 6) is 1.17. The molecule has 0 radical (unpaired) electrons. The number of piperidine rings is 1. The summed E-state index contributed by atoms with van der Waals surface area (Å²) in [5, 5.41) is 10.4. The molecule has 2 aromatic rings. The maximum Gasteiger partial charge on any atom is 0.122 e. The summed E-state index contributed by atoms with van der Waals surface area (Å²) in [6.07, 6.45) is 1.47. The average molecular weight is 311 g/mol. The number of likely N-dealkylation sites (tertiary alicyclic amines) is 1. The topological polar surface area (TPSA) is 32.7 Å². The molecule has 1 aliphatic rings. The van der Waals surface area contributed by atoms with Crippen LogP contribution in [0, 0.1) is 5.92 Å². The number of rotatable bonds is 5. The second-order valence-electron chi connectivity index (χ2n) is 6.35. The molecule has 3 nitrogen and oxygen atoms in total. The van der Waals surface area contributed by atoms with Crippen LogP contribution >= 0.6 is 0 Å². The lowest BCUT2D eigenvalue weighted by Gasteiger charge is -2.36. The van der Waals surface area contributed by atoms with Crippen LogP contribution in [-0.4, -0.2) is 36.3 Å². The molecule has 3 rings (SSSR count). The molecular weight excluding hydrogens is 286 g/mol. The first-order chi connectivity index (χ1) is 11.3. The van der Waals surface area contributed by atoms with Crippen molar-refractivity contribution in [2.24, 2.45) is 5.92 Å². The summed E-state index contributed by atoms with van der Waals surface area (Å²) >= 11 is 0. The van der Waals surface area contributed by atoms with Crippen LogP contribution in [0.25, 0.3) is 0 Å². The molecule has 1 N–H and O–H groups in total. The molecule has 0 saturated carbocycles. The molecule has 2 atom stereocenters. The molecule has 2 unspecified atom stereocenters. The zero-order chi connectivity index (χ0) is 16.1. The van der Waals surface area contributed by atoms with Crippen LogP contribution in [0.2, 0.25) is 0 Å². The van der Waals surface area contributed by atoms with Crippen LogP contribution < -0.4 is 4.74 Å². The van der Waals surface area contributed by atoms with Crippen molar-refractivity contribution in [2.75, 3.05) is 20.2 Å². The van der Waals surface area contributed by atoms with Gasteiger partial charge < -0.3 is 9.84 Å². The third kappa shape index (κ3) is 4.12. The molecule has 0 spiro atoms. The van der Waals surface area contributed by atoms with Crippen LogP contribution in [-0.2, 0) is 13.0 Å². The summed E-state index contributed by atoms with van der Waals surface area (Å²) in [6.45, 7) is 2.84. The Kier molecular flexibility index (Phi) is 5.31. The smallest absolute Gasteiger partial charge is 0.122 e. The summed E-state index contributed by atoms with van der Waals surface area (Å²) in [5.41, 5.74) is 2.51. The molecular formula is C20H25NO2. The minimum Gasteiger partial charge on any atom is -0.496 e. The molecule has 23 heavy (non-hydrogen) atoms. The maximum atomic E-state index is 10.4. The van der Waals surface area contributed by atoms with Crippen LogP contribution in [0.3, 0.4) is 0 Å². The molecule has 0 bridgehead atoms. The highest BCUT2D eigenvalue weighted by Gasteiger charge is 2.28. The number of hydrogen-bond acceptors (Lipinski definition) is 3. The van der Waals surface area contributed by atoms with E-state index in [0.29, 0.717) is 0 Å². The first-order valence-corrected chi connectivity index (χ1v) is 8.32. The Balaban J connectivity index is 1.66. The second kappa shape index (κ2) is 7.62. The van der Waals surface area contributed by atoms with Gasteiger partial charge in [0.2, 0.25) is 0 Å². The summed E-state index contributed by atoms with van der Waals surface area (Å²) in [6, 6.07) is 18.7. The van der Waals surface area contributed by atoms with E-state index in [-0.39, 0.29) is 12.0 Å². The molecule has 0 amide bonds. The second-order valence-corrected chi connectivity index (χ2v) is 6.35. The number of nitrogens with zero attached hydrogens (tertiary/aromatic N) is 1. The number of aliphatic hydroxyl groups excluding tert-OH is 1. The van der Waals surface area contributed by atoms with Gasteiger partial charge in [-0.2, -0.15) is 0 Å². The van der Waals surface area contributed by atoms with Crippen molar-refractivity contribution in [1.29, 1.82) is 0 Å². The molecule has 1 saturated heterocycles. The molecule has 122 valence electrons. The van der Waals surface area contributed by atoms with Crippen LogP contribution in [0.1, 0.15) is 17.5 Å². The predicted octanol–water partition coefficient (Wildman–Crippen LogP) is 3.12. The highest BCUT2D eigenvalue weighted by Crippen LogP contribution is 2.27. The largest absolute Gasteiger partial charge is 0.496 e. The van der Waals surface area contributed by atoms with Crippen molar-refractivity contribution < 1.29 is 9.84 Å². The van der Waals surface area contributed by atoms with Gasteiger partial charge in [-0.25, -0.2) is 0 Å². The van der Waals surface area contributed by atoms with Gasteiger partial charge in [-0.3, -0.25) is 4.90 Å². The van der Waals surface area contributed by atoms with Gasteiger partial charge in [0.15, 0.2) is 0 Å². The molecule has 1 heterocycles. The van der Waals surface area contributed by atoms with E-state index in [2.05, 4.69) is 35.2 Å². The standard InChI is InChI=1S/C20H25NO2/c1-23-20-10-6-5-9-17(20)13-18-15-21(12-11-19(18)22)14-16-7-3-2-4-8-16/h2-10,18-19,22H,11-15H2,1H3. The van der Waals surface area contributed by atoms with Crippen molar-refractivity contribution in [3.05, 3.63) is 65.7 Å². The van der Waals surface area contributed by atoms with Crippen molar-refractivity contribution >= 4 is 0 Å². The predicted molar refractivity (Wildman–Crippen MR) is 92.5 cm³/mol. The Morgan fingerprint density at radius 1 is 1.09 bits per heavy atom. The van der Waals surface area contributed by atoms with Crippen LogP contribution in [0.5, 0.6) is 5.75 Å². The van der Waals surface area contributed by atoms with Crippen molar-refractivity contribution in [3.63, 3.8) is 0 Å². The minimum atomic E-state index is -0.230. The van der Waals surface area contributed by atoms with E-state index in [9.17, 15) is 5.11 Å². The number of ether oxygens (including phenoxy) is 1. The maximum absolute atomic E-state index is 10.4. The lowest BCUT2D eigenvalue weighted by atomic mass is 9.88. The third-order valence-corrected chi connectivity index (χ3v) is 4.70. The van der Waals surface area contributed by atoms with E-state index in [1.165, 1.54) is 11.1 Å². The van der Waals surface area contributed by atoms with Gasteiger partial charge in [0.1, 0.15) is 5.75 Å². The molecule has 3 heteroatoms. The third-order valence-electron chi connectivity index (χ3n) is 4.70. The molecule has 2 aromatic carbocycles. The van der Waals surface area contributed by atoms with Crippen molar-refractivity contribution in [2.45, 2.75) is 25.5 Å². The highest BCUT2D eigenvalue weighted by atomic mass is 16.5. The average Bonchev–Trinajstić information content (AvgIpc) is 2.59. The zero-order valence-corrected chi connectivity index (χ0v) is 13.7. The Labute approximate surface area is 138 Å². The SMILES string of the molecule is COc1ccccc1CC1CN(Cc2ccccc2)CCC1O. The number of aliphatic hydroxyl groups is 1. The summed E-state index contributed by atoms with van der Waals surface area (Å²) in [4.78, 5) is 2.45. The van der Waals surface area contributed by atoms with Gasteiger partial charge in [-0.1, -0.05) is 48.5 Å². The molecule has 0 aliphatic carbocycles. The monoisotopic (exact) mass is 311 g/mol. The Hall–Kier alpha value is -1.84. The zero-order valence-electron chi connectivity index (χ0n) is 13.7. The fourth-order valence-electron chi connectivity index (χ4n) is 3.44. The van der Waals surface area contributed by atoms with E-state index >= 15 is 0 Å².